The molecule has 1 fully saturated rings. The van der Waals surface area contributed by atoms with Crippen molar-refractivity contribution in [2.24, 2.45) is 17.3 Å². The molecule has 31 heavy (non-hydrogen) atoms. The molecule has 7 heteroatoms. The van der Waals surface area contributed by atoms with Gasteiger partial charge in [-0.2, -0.15) is 0 Å². The molecule has 1 aromatic rings. The van der Waals surface area contributed by atoms with Gasteiger partial charge in [-0.1, -0.05) is 34.6 Å². The first kappa shape index (κ1) is 24.8. The van der Waals surface area contributed by atoms with Gasteiger partial charge in [-0.25, -0.2) is 0 Å². The van der Waals surface area contributed by atoms with E-state index < -0.39 is 0 Å². The maximum Gasteiger partial charge on any atom is 0.225 e. The molecule has 7 nitrogen and oxygen atoms in total. The second-order valence-corrected chi connectivity index (χ2v) is 9.85. The second kappa shape index (κ2) is 10.2. The van der Waals surface area contributed by atoms with Crippen molar-refractivity contribution in [3.8, 4) is 17.2 Å². The Morgan fingerprint density at radius 2 is 1.65 bits per heavy atom. The van der Waals surface area contributed by atoms with Crippen LogP contribution in [-0.4, -0.2) is 57.7 Å². The fourth-order valence-corrected chi connectivity index (χ4v) is 3.93. The molecular weight excluding hydrogens is 396 g/mol. The van der Waals surface area contributed by atoms with Gasteiger partial charge in [0.2, 0.25) is 17.6 Å². The number of hydrogen-bond acceptors (Lipinski definition) is 5. The Kier molecular flexibility index (Phi) is 8.21. The zero-order chi connectivity index (χ0) is 23.3. The van der Waals surface area contributed by atoms with E-state index in [0.29, 0.717) is 49.2 Å². The zero-order valence-corrected chi connectivity index (χ0v) is 20.2. The van der Waals surface area contributed by atoms with E-state index in [9.17, 15) is 9.59 Å². The minimum absolute atomic E-state index is 0.0292. The first-order valence-electron chi connectivity index (χ1n) is 10.9. The fraction of sp³-hybridized carbons (Fsp3) is 0.667. The molecule has 0 aromatic heterocycles. The summed E-state index contributed by atoms with van der Waals surface area (Å²) in [5.41, 5.74) is 0.780. The molecule has 0 spiro atoms. The third-order valence-electron chi connectivity index (χ3n) is 5.49. The van der Waals surface area contributed by atoms with Crippen molar-refractivity contribution in [1.29, 1.82) is 0 Å². The molecule has 1 aliphatic rings. The van der Waals surface area contributed by atoms with Crippen LogP contribution in [-0.2, 0) is 9.59 Å². The molecule has 1 heterocycles. The van der Waals surface area contributed by atoms with E-state index in [4.69, 9.17) is 14.2 Å². The number of ether oxygens (including phenoxy) is 3. The highest BCUT2D eigenvalue weighted by Crippen LogP contribution is 2.43. The van der Waals surface area contributed by atoms with E-state index in [-0.39, 0.29) is 29.1 Å². The van der Waals surface area contributed by atoms with Gasteiger partial charge in [-0.3, -0.25) is 9.59 Å². The van der Waals surface area contributed by atoms with Crippen molar-refractivity contribution in [3.05, 3.63) is 17.7 Å². The smallest absolute Gasteiger partial charge is 0.225 e. The topological polar surface area (TPSA) is 77.1 Å². The minimum Gasteiger partial charge on any atom is -0.493 e. The molecule has 2 atom stereocenters. The molecule has 0 unspecified atom stereocenters. The Labute approximate surface area is 186 Å². The van der Waals surface area contributed by atoms with Crippen LogP contribution in [0.5, 0.6) is 17.2 Å². The summed E-state index contributed by atoms with van der Waals surface area (Å²) in [6.07, 6.45) is 0.440. The molecule has 1 aliphatic heterocycles. The Morgan fingerprint density at radius 3 is 2.10 bits per heavy atom. The Morgan fingerprint density at radius 1 is 1.06 bits per heavy atom. The van der Waals surface area contributed by atoms with E-state index in [1.807, 2.05) is 37.8 Å². The molecule has 174 valence electrons. The van der Waals surface area contributed by atoms with Crippen molar-refractivity contribution in [2.45, 2.75) is 47.0 Å². The number of likely N-dealkylation sites (tertiary alicyclic amines) is 1. The lowest BCUT2D eigenvalue weighted by molar-refractivity contribution is -0.132. The third-order valence-corrected chi connectivity index (χ3v) is 5.49. The molecule has 2 amide bonds. The molecule has 1 N–H and O–H groups in total. The van der Waals surface area contributed by atoms with E-state index >= 15 is 0 Å². The number of nitrogens with zero attached hydrogens (tertiary/aromatic N) is 1. The van der Waals surface area contributed by atoms with E-state index in [1.165, 1.54) is 0 Å². The van der Waals surface area contributed by atoms with Crippen molar-refractivity contribution in [3.63, 3.8) is 0 Å². The molecule has 2 rings (SSSR count). The number of benzene rings is 1. The maximum absolute atomic E-state index is 13.1. The van der Waals surface area contributed by atoms with Crippen LogP contribution in [0.25, 0.3) is 0 Å². The van der Waals surface area contributed by atoms with E-state index in [2.05, 4.69) is 19.2 Å². The average molecular weight is 435 g/mol. The average Bonchev–Trinajstić information content (AvgIpc) is 3.15. The molecule has 0 radical (unpaired) electrons. The maximum atomic E-state index is 13.1. The molecule has 0 saturated carbocycles. The first-order valence-corrected chi connectivity index (χ1v) is 10.9. The van der Waals surface area contributed by atoms with Gasteiger partial charge in [0.1, 0.15) is 0 Å². The summed E-state index contributed by atoms with van der Waals surface area (Å²) in [7, 11) is 4.70. The number of amides is 2. The molecule has 0 bridgehead atoms. The van der Waals surface area contributed by atoms with Crippen molar-refractivity contribution >= 4 is 11.8 Å². The summed E-state index contributed by atoms with van der Waals surface area (Å²) in [5, 5.41) is 3.05. The van der Waals surface area contributed by atoms with Gasteiger partial charge in [-0.05, 0) is 29.0 Å². The largest absolute Gasteiger partial charge is 0.493 e. The van der Waals surface area contributed by atoms with Gasteiger partial charge < -0.3 is 24.4 Å². The van der Waals surface area contributed by atoms with Gasteiger partial charge in [0, 0.05) is 32.0 Å². The number of hydrogen-bond donors (Lipinski definition) is 1. The molecule has 1 aromatic carbocycles. The van der Waals surface area contributed by atoms with Crippen molar-refractivity contribution < 1.29 is 23.8 Å². The Balaban J connectivity index is 2.40. The summed E-state index contributed by atoms with van der Waals surface area (Å²) < 4.78 is 16.5. The molecule has 1 saturated heterocycles. The number of carbonyl (C=O) groups excluding carboxylic acids is 2. The summed E-state index contributed by atoms with van der Waals surface area (Å²) in [6, 6.07) is 3.76. The van der Waals surface area contributed by atoms with Crippen molar-refractivity contribution in [1.82, 2.24) is 10.2 Å². The van der Waals surface area contributed by atoms with Gasteiger partial charge in [-0.15, -0.1) is 0 Å². The predicted octanol–water partition coefficient (Wildman–Crippen LogP) is 3.46. The first-order chi connectivity index (χ1) is 14.5. The minimum atomic E-state index is -0.342. The lowest BCUT2D eigenvalue weighted by atomic mass is 9.87. The lowest BCUT2D eigenvalue weighted by Gasteiger charge is -2.23. The zero-order valence-electron chi connectivity index (χ0n) is 20.2. The van der Waals surface area contributed by atoms with E-state index in [0.717, 1.165) is 5.56 Å². The Bertz CT molecular complexity index is 760. The lowest BCUT2D eigenvalue weighted by Crippen LogP contribution is -2.37. The van der Waals surface area contributed by atoms with Crippen LogP contribution in [0.2, 0.25) is 0 Å². The van der Waals surface area contributed by atoms with Gasteiger partial charge in [0.15, 0.2) is 11.5 Å². The van der Waals surface area contributed by atoms with Gasteiger partial charge in [0.25, 0.3) is 0 Å². The fourth-order valence-electron chi connectivity index (χ4n) is 3.93. The number of methoxy groups -OCH3 is 3. The van der Waals surface area contributed by atoms with Crippen LogP contribution >= 0.6 is 0 Å². The van der Waals surface area contributed by atoms with Crippen LogP contribution in [0.1, 0.15) is 52.5 Å². The SMILES string of the molecule is COc1cc([C@@H]2CN(C(=O)CC(C)(C)C)C[C@@H]2C(=O)NCC(C)C)cc(OC)c1OC. The van der Waals surface area contributed by atoms with Crippen LogP contribution in [0, 0.1) is 17.3 Å². The van der Waals surface area contributed by atoms with Crippen LogP contribution in [0.3, 0.4) is 0 Å². The standard InChI is InChI=1S/C24H38N2O5/c1-15(2)12-25-23(28)18-14-26(21(27)11-24(3,4)5)13-17(18)16-9-19(29-6)22(31-8)20(10-16)30-7/h9-10,15,17-18H,11-14H2,1-8H3,(H,25,28)/t17-,18-/m0/s1. The number of carbonyl (C=O) groups is 2. The normalized spacial score (nSPS) is 18.8. The predicted molar refractivity (Wildman–Crippen MR) is 121 cm³/mol. The highest BCUT2D eigenvalue weighted by molar-refractivity contribution is 5.83. The van der Waals surface area contributed by atoms with Gasteiger partial charge in [0.05, 0.1) is 27.2 Å². The summed E-state index contributed by atoms with van der Waals surface area (Å²) >= 11 is 0. The highest BCUT2D eigenvalue weighted by atomic mass is 16.5. The highest BCUT2D eigenvalue weighted by Gasteiger charge is 2.41. The van der Waals surface area contributed by atoms with Crippen molar-refractivity contribution in [2.75, 3.05) is 41.0 Å². The summed E-state index contributed by atoms with van der Waals surface area (Å²) in [5.74, 6) is 1.48. The van der Waals surface area contributed by atoms with Gasteiger partial charge >= 0.3 is 0 Å². The second-order valence-electron chi connectivity index (χ2n) is 9.85. The number of rotatable bonds is 8. The quantitative estimate of drug-likeness (QED) is 0.678. The number of nitrogens with one attached hydrogen (secondary N) is 1. The third kappa shape index (κ3) is 6.28. The molecule has 0 aliphatic carbocycles. The summed E-state index contributed by atoms with van der Waals surface area (Å²) in [4.78, 5) is 27.8. The van der Waals surface area contributed by atoms with Crippen LogP contribution in [0.15, 0.2) is 12.1 Å². The summed E-state index contributed by atoms with van der Waals surface area (Å²) in [6.45, 7) is 11.7. The van der Waals surface area contributed by atoms with Crippen LogP contribution in [0.4, 0.5) is 0 Å². The monoisotopic (exact) mass is 434 g/mol. The molecular formula is C24H38N2O5. The van der Waals surface area contributed by atoms with Crippen LogP contribution < -0.4 is 19.5 Å². The Hall–Kier alpha value is -2.44. The van der Waals surface area contributed by atoms with E-state index in [1.54, 1.807) is 21.3 Å².